The number of unbranched alkanes of at least 4 members (excludes halogenated alkanes) is 35. The van der Waals surface area contributed by atoms with Crippen LogP contribution in [0.3, 0.4) is 0 Å². The van der Waals surface area contributed by atoms with Gasteiger partial charge in [-0.3, -0.25) is 0 Å². The first kappa shape index (κ1) is 63.0. The van der Waals surface area contributed by atoms with E-state index < -0.39 is 0 Å². The number of hydrogen-bond donors (Lipinski definition) is 2. The molecule has 74 heavy (non-hydrogen) atoms. The van der Waals surface area contributed by atoms with Crippen molar-refractivity contribution in [2.45, 2.75) is 309 Å². The van der Waals surface area contributed by atoms with E-state index in [4.69, 9.17) is 11.5 Å². The van der Waals surface area contributed by atoms with Crippen LogP contribution < -0.4 is 11.5 Å². The van der Waals surface area contributed by atoms with Crippen molar-refractivity contribution >= 4 is 11.4 Å². The summed E-state index contributed by atoms with van der Waals surface area (Å²) in [4.78, 5) is 0. The molecule has 4 aromatic rings. The number of anilines is 2. The van der Waals surface area contributed by atoms with Gasteiger partial charge in [0.25, 0.3) is 0 Å². The van der Waals surface area contributed by atoms with E-state index in [1.165, 1.54) is 314 Å². The van der Waals surface area contributed by atoms with Gasteiger partial charge < -0.3 is 11.5 Å². The Labute approximate surface area is 459 Å². The largest absolute Gasteiger partial charge is 0.399 e. The molecule has 0 amide bonds. The lowest BCUT2D eigenvalue weighted by atomic mass is 9.84. The summed E-state index contributed by atoms with van der Waals surface area (Å²) in [6.45, 7) is 9.10. The maximum absolute atomic E-state index is 6.17. The molecule has 4 aromatic carbocycles. The molecule has 0 saturated carbocycles. The van der Waals surface area contributed by atoms with Crippen molar-refractivity contribution in [2.24, 2.45) is 0 Å². The molecule has 4 N–H and O–H groups in total. The molecule has 2 nitrogen and oxygen atoms in total. The SMILES string of the molecule is CCCCCCCCCCCCC(c1ccc(CCCCCCCCCCCCCCCCCCCCc2ccc(C(CCCCCCCCCCCC)c3ccc(N)cc3C)cc2)cc1)c1ccc(N)cc1C. The number of hydrogen-bond acceptors (Lipinski definition) is 2. The van der Waals surface area contributed by atoms with Crippen molar-refractivity contribution in [2.75, 3.05) is 11.5 Å². The Morgan fingerprint density at radius 3 is 0.784 bits per heavy atom. The molecule has 0 aliphatic heterocycles. The van der Waals surface area contributed by atoms with Crippen LogP contribution in [0.5, 0.6) is 0 Å². The standard InChI is InChI=1S/C72H116N2/c1-5-7-9-11-13-15-29-33-37-41-45-71(69-57-55-67(73)59-61(69)3)65-51-47-63(48-52-65)43-39-35-31-27-25-23-21-19-17-18-20-22-24-26-28-32-36-40-44-64-49-53-66(54-50-64)72(70-58-56-68(74)60-62(70)4)46-42-38-34-30-16-14-12-10-8-6-2/h47-60,71-72H,5-46,73-74H2,1-4H3. The zero-order valence-electron chi connectivity index (χ0n) is 49.1. The van der Waals surface area contributed by atoms with Gasteiger partial charge in [0.15, 0.2) is 0 Å². The zero-order valence-corrected chi connectivity index (χ0v) is 49.1. The second-order valence-electron chi connectivity index (χ2n) is 23.6. The smallest absolute Gasteiger partial charge is 0.0316 e. The van der Waals surface area contributed by atoms with Gasteiger partial charge in [0.1, 0.15) is 0 Å². The highest BCUT2D eigenvalue weighted by molar-refractivity contribution is 5.49. The summed E-state index contributed by atoms with van der Waals surface area (Å²) in [7, 11) is 0. The fraction of sp³-hybridized carbons (Fsp3) is 0.667. The summed E-state index contributed by atoms with van der Waals surface area (Å²) >= 11 is 0. The summed E-state index contributed by atoms with van der Waals surface area (Å²) in [5.74, 6) is 0.929. The minimum Gasteiger partial charge on any atom is -0.399 e. The molecule has 0 aliphatic carbocycles. The Balaban J connectivity index is 0.958. The van der Waals surface area contributed by atoms with Crippen LogP contribution in [-0.4, -0.2) is 0 Å². The Morgan fingerprint density at radius 2 is 0.527 bits per heavy atom. The molecule has 2 heteroatoms. The van der Waals surface area contributed by atoms with Crippen molar-refractivity contribution in [3.05, 3.63) is 129 Å². The highest BCUT2D eigenvalue weighted by Crippen LogP contribution is 2.35. The van der Waals surface area contributed by atoms with E-state index in [0.717, 1.165) is 11.4 Å². The van der Waals surface area contributed by atoms with Gasteiger partial charge >= 0.3 is 0 Å². The third kappa shape index (κ3) is 28.0. The van der Waals surface area contributed by atoms with Crippen LogP contribution in [0.15, 0.2) is 84.9 Å². The topological polar surface area (TPSA) is 52.0 Å². The quantitative estimate of drug-likeness (QED) is 0.0342. The van der Waals surface area contributed by atoms with E-state index in [2.05, 4.69) is 113 Å². The Kier molecular flexibility index (Phi) is 35.4. The first-order valence-corrected chi connectivity index (χ1v) is 32.3. The second kappa shape index (κ2) is 41.6. The molecule has 2 unspecified atom stereocenters. The fourth-order valence-electron chi connectivity index (χ4n) is 12.2. The van der Waals surface area contributed by atoms with Crippen LogP contribution in [0.25, 0.3) is 0 Å². The molecular formula is C72H116N2. The molecule has 4 rings (SSSR count). The van der Waals surface area contributed by atoms with Gasteiger partial charge in [-0.2, -0.15) is 0 Å². The Morgan fingerprint density at radius 1 is 0.284 bits per heavy atom. The average molecular weight is 1010 g/mol. The van der Waals surface area contributed by atoms with E-state index >= 15 is 0 Å². The number of aryl methyl sites for hydroxylation is 4. The van der Waals surface area contributed by atoms with Crippen LogP contribution in [-0.2, 0) is 12.8 Å². The van der Waals surface area contributed by atoms with Crippen LogP contribution in [0.2, 0.25) is 0 Å². The highest BCUT2D eigenvalue weighted by Gasteiger charge is 2.18. The average Bonchev–Trinajstić information content (AvgIpc) is 3.40. The minimum absolute atomic E-state index is 0.465. The maximum Gasteiger partial charge on any atom is 0.0316 e. The molecule has 0 aliphatic rings. The molecular weight excluding hydrogens is 893 g/mol. The maximum atomic E-state index is 6.17. The molecule has 0 bridgehead atoms. The van der Waals surface area contributed by atoms with Gasteiger partial charge in [0.2, 0.25) is 0 Å². The number of nitrogens with two attached hydrogens (primary N) is 2. The predicted molar refractivity (Wildman–Crippen MR) is 331 cm³/mol. The lowest BCUT2D eigenvalue weighted by Crippen LogP contribution is -2.05. The molecule has 0 fully saturated rings. The van der Waals surface area contributed by atoms with Gasteiger partial charge in [0.05, 0.1) is 0 Å². The van der Waals surface area contributed by atoms with Gasteiger partial charge in [-0.15, -0.1) is 0 Å². The number of rotatable bonds is 47. The lowest BCUT2D eigenvalue weighted by Gasteiger charge is -2.21. The first-order chi connectivity index (χ1) is 36.4. The second-order valence-corrected chi connectivity index (χ2v) is 23.6. The summed E-state index contributed by atoms with van der Waals surface area (Å²) in [5, 5.41) is 0. The van der Waals surface area contributed by atoms with Gasteiger partial charge in [-0.05, 0) is 121 Å². The van der Waals surface area contributed by atoms with Crippen LogP contribution in [0, 0.1) is 13.8 Å². The Bertz CT molecular complexity index is 1780. The lowest BCUT2D eigenvalue weighted by molar-refractivity contribution is 0.524. The number of nitrogen functional groups attached to an aromatic ring is 2. The highest BCUT2D eigenvalue weighted by atomic mass is 14.5. The van der Waals surface area contributed by atoms with Crippen molar-refractivity contribution in [1.29, 1.82) is 0 Å². The van der Waals surface area contributed by atoms with Crippen molar-refractivity contribution in [3.63, 3.8) is 0 Å². The van der Waals surface area contributed by atoms with Crippen molar-refractivity contribution in [3.8, 4) is 0 Å². The van der Waals surface area contributed by atoms with E-state index in [1.807, 2.05) is 0 Å². The molecule has 0 radical (unpaired) electrons. The molecule has 0 heterocycles. The van der Waals surface area contributed by atoms with Gasteiger partial charge in [0, 0.05) is 23.2 Å². The predicted octanol–water partition coefficient (Wildman–Crippen LogP) is 23.2. The van der Waals surface area contributed by atoms with Gasteiger partial charge in [-0.25, -0.2) is 0 Å². The fourth-order valence-corrected chi connectivity index (χ4v) is 12.2. The molecule has 0 saturated heterocycles. The normalized spacial score (nSPS) is 12.4. The summed E-state index contributed by atoms with van der Waals surface area (Å²) in [5.41, 5.74) is 25.7. The first-order valence-electron chi connectivity index (χ1n) is 32.3. The molecule has 2 atom stereocenters. The van der Waals surface area contributed by atoms with E-state index in [0.29, 0.717) is 11.8 Å². The minimum atomic E-state index is 0.465. The van der Waals surface area contributed by atoms with E-state index in [1.54, 1.807) is 0 Å². The summed E-state index contributed by atoms with van der Waals surface area (Å²) in [6, 6.07) is 32.6. The molecule has 0 spiro atoms. The van der Waals surface area contributed by atoms with Crippen LogP contribution in [0.4, 0.5) is 11.4 Å². The monoisotopic (exact) mass is 1010 g/mol. The van der Waals surface area contributed by atoms with E-state index in [9.17, 15) is 0 Å². The van der Waals surface area contributed by atoms with E-state index in [-0.39, 0.29) is 0 Å². The van der Waals surface area contributed by atoms with Crippen LogP contribution in [0.1, 0.15) is 327 Å². The number of benzene rings is 4. The zero-order chi connectivity index (χ0) is 52.5. The van der Waals surface area contributed by atoms with Gasteiger partial charge in [-0.1, -0.05) is 306 Å². The van der Waals surface area contributed by atoms with Crippen molar-refractivity contribution in [1.82, 2.24) is 0 Å². The Hall–Kier alpha value is -3.52. The van der Waals surface area contributed by atoms with Crippen LogP contribution >= 0.6 is 0 Å². The summed E-state index contributed by atoms with van der Waals surface area (Å²) < 4.78 is 0. The van der Waals surface area contributed by atoms with Crippen molar-refractivity contribution < 1.29 is 0 Å². The third-order valence-electron chi connectivity index (χ3n) is 17.0. The molecule has 414 valence electrons. The summed E-state index contributed by atoms with van der Waals surface area (Å²) in [6.07, 6.45) is 58.0. The third-order valence-corrected chi connectivity index (χ3v) is 17.0. The molecule has 0 aromatic heterocycles.